The number of likely N-dealkylation sites (tertiary alicyclic amines) is 1. The molecule has 1 unspecified atom stereocenters. The van der Waals surface area contributed by atoms with Crippen LogP contribution < -0.4 is 5.32 Å². The van der Waals surface area contributed by atoms with Gasteiger partial charge in [-0.25, -0.2) is 4.79 Å². The minimum Gasteiger partial charge on any atom is -0.479 e. The number of rotatable bonds is 7. The third-order valence-corrected chi connectivity index (χ3v) is 4.94. The van der Waals surface area contributed by atoms with Gasteiger partial charge in [0, 0.05) is 12.0 Å². The first-order valence-corrected chi connectivity index (χ1v) is 9.64. The molecule has 1 saturated heterocycles. The molecule has 0 saturated carbocycles. The summed E-state index contributed by atoms with van der Waals surface area (Å²) in [5.41, 5.74) is 2.89. The number of benzene rings is 2. The van der Waals surface area contributed by atoms with Crippen molar-refractivity contribution >= 4 is 23.5 Å². The summed E-state index contributed by atoms with van der Waals surface area (Å²) in [5.74, 6) is -2.38. The molecule has 3 N–H and O–H groups in total. The Morgan fingerprint density at radius 1 is 1.13 bits per heavy atom. The number of oxime groups is 1. The van der Waals surface area contributed by atoms with Gasteiger partial charge in [0.25, 0.3) is 5.91 Å². The summed E-state index contributed by atoms with van der Waals surface area (Å²) in [6.45, 7) is -0.359. The second-order valence-corrected chi connectivity index (χ2v) is 7.04. The lowest BCUT2D eigenvalue weighted by Crippen LogP contribution is -2.48. The van der Waals surface area contributed by atoms with Crippen LogP contribution in [0, 0.1) is 0 Å². The topological polar surface area (TPSA) is 129 Å². The third-order valence-electron chi connectivity index (χ3n) is 4.94. The summed E-state index contributed by atoms with van der Waals surface area (Å²) < 4.78 is 0. The van der Waals surface area contributed by atoms with Crippen molar-refractivity contribution in [2.45, 2.75) is 18.6 Å². The van der Waals surface area contributed by atoms with Crippen LogP contribution in [0.5, 0.6) is 0 Å². The highest BCUT2D eigenvalue weighted by Crippen LogP contribution is 2.23. The number of nitrogens with zero attached hydrogens (tertiary/aromatic N) is 2. The zero-order valence-corrected chi connectivity index (χ0v) is 16.9. The molecule has 1 heterocycles. The highest BCUT2D eigenvalue weighted by atomic mass is 16.6. The predicted octanol–water partition coefficient (Wildman–Crippen LogP) is 1.13. The molecule has 0 radical (unpaired) electrons. The van der Waals surface area contributed by atoms with Crippen LogP contribution in [0.4, 0.5) is 0 Å². The minimum absolute atomic E-state index is 0.104. The maximum atomic E-state index is 13.1. The quantitative estimate of drug-likeness (QED) is 0.571. The molecule has 3 rings (SSSR count). The Kier molecular flexibility index (Phi) is 6.99. The number of carbonyl (C=O) groups excluding carboxylic acids is 2. The second kappa shape index (κ2) is 9.86. The largest absolute Gasteiger partial charge is 0.479 e. The SMILES string of the molecule is CO/N=C1/C[C@@H](C(=O)NCC(O)C(=O)O)N(C(=O)c2ccc(-c3ccccc3)cc2)C1. The van der Waals surface area contributed by atoms with Gasteiger partial charge < -0.3 is 25.3 Å². The Balaban J connectivity index is 1.77. The number of carboxylic acids is 1. The molecule has 2 atom stereocenters. The first kappa shape index (κ1) is 22.0. The van der Waals surface area contributed by atoms with Gasteiger partial charge in [-0.05, 0) is 23.3 Å². The Morgan fingerprint density at radius 3 is 2.39 bits per heavy atom. The molecule has 1 aliphatic heterocycles. The van der Waals surface area contributed by atoms with Gasteiger partial charge in [-0.2, -0.15) is 0 Å². The number of aliphatic carboxylic acids is 1. The van der Waals surface area contributed by atoms with E-state index >= 15 is 0 Å². The molecular formula is C22H23N3O6. The molecule has 9 nitrogen and oxygen atoms in total. The van der Waals surface area contributed by atoms with Crippen LogP contribution in [-0.2, 0) is 14.4 Å². The Bertz CT molecular complexity index is 975. The first-order valence-electron chi connectivity index (χ1n) is 9.64. The van der Waals surface area contributed by atoms with E-state index in [1.54, 1.807) is 12.1 Å². The molecule has 1 aliphatic rings. The molecule has 9 heteroatoms. The van der Waals surface area contributed by atoms with E-state index in [4.69, 9.17) is 9.94 Å². The molecule has 0 aliphatic carbocycles. The molecular weight excluding hydrogens is 402 g/mol. The third kappa shape index (κ3) is 5.26. The molecule has 0 spiro atoms. The van der Waals surface area contributed by atoms with Crippen LogP contribution in [0.3, 0.4) is 0 Å². The van der Waals surface area contributed by atoms with Crippen molar-refractivity contribution in [3.8, 4) is 11.1 Å². The van der Waals surface area contributed by atoms with Crippen LogP contribution in [0.25, 0.3) is 11.1 Å². The normalized spacial score (nSPS) is 17.9. The molecule has 162 valence electrons. The lowest BCUT2D eigenvalue weighted by atomic mass is 10.0. The number of carbonyl (C=O) groups is 3. The molecule has 0 bridgehead atoms. The van der Waals surface area contributed by atoms with E-state index in [-0.39, 0.29) is 18.9 Å². The minimum atomic E-state index is -1.73. The Hall–Kier alpha value is -3.72. The van der Waals surface area contributed by atoms with Gasteiger partial charge in [0.15, 0.2) is 6.10 Å². The van der Waals surface area contributed by atoms with Gasteiger partial charge >= 0.3 is 5.97 Å². The van der Waals surface area contributed by atoms with E-state index in [2.05, 4.69) is 10.5 Å². The smallest absolute Gasteiger partial charge is 0.334 e. The van der Waals surface area contributed by atoms with Gasteiger partial charge in [0.2, 0.25) is 5.91 Å². The van der Waals surface area contributed by atoms with E-state index in [1.807, 2.05) is 42.5 Å². The lowest BCUT2D eigenvalue weighted by molar-refractivity contribution is -0.146. The van der Waals surface area contributed by atoms with E-state index in [9.17, 15) is 19.5 Å². The van der Waals surface area contributed by atoms with Crippen molar-refractivity contribution in [1.29, 1.82) is 0 Å². The molecule has 2 aromatic rings. The van der Waals surface area contributed by atoms with E-state index in [0.29, 0.717) is 11.3 Å². The van der Waals surface area contributed by atoms with Crippen molar-refractivity contribution in [2.75, 3.05) is 20.2 Å². The Labute approximate surface area is 178 Å². The second-order valence-electron chi connectivity index (χ2n) is 7.04. The van der Waals surface area contributed by atoms with Crippen LogP contribution in [0.1, 0.15) is 16.8 Å². The highest BCUT2D eigenvalue weighted by molar-refractivity contribution is 6.05. The number of hydrogen-bond acceptors (Lipinski definition) is 6. The van der Waals surface area contributed by atoms with Gasteiger partial charge in [0.1, 0.15) is 13.2 Å². The number of hydrogen-bond donors (Lipinski definition) is 3. The first-order chi connectivity index (χ1) is 14.9. The number of amides is 2. The van der Waals surface area contributed by atoms with Crippen molar-refractivity contribution < 1.29 is 29.4 Å². The van der Waals surface area contributed by atoms with Gasteiger partial charge in [-0.15, -0.1) is 0 Å². The fourth-order valence-electron chi connectivity index (χ4n) is 3.35. The fraction of sp³-hybridized carbons (Fsp3) is 0.273. The number of aliphatic hydroxyl groups excluding tert-OH is 1. The zero-order valence-electron chi connectivity index (χ0n) is 16.9. The summed E-state index contributed by atoms with van der Waals surface area (Å²) in [6, 6.07) is 15.9. The van der Waals surface area contributed by atoms with E-state index in [1.165, 1.54) is 12.0 Å². The van der Waals surface area contributed by atoms with Crippen LogP contribution >= 0.6 is 0 Å². The average molecular weight is 425 g/mol. The number of aliphatic hydroxyl groups is 1. The summed E-state index contributed by atoms with van der Waals surface area (Å²) in [6.07, 6.45) is -1.58. The Morgan fingerprint density at radius 2 is 1.77 bits per heavy atom. The number of nitrogens with one attached hydrogen (secondary N) is 1. The summed E-state index contributed by atoms with van der Waals surface area (Å²) in [7, 11) is 1.37. The summed E-state index contributed by atoms with van der Waals surface area (Å²) in [4.78, 5) is 42.6. The maximum Gasteiger partial charge on any atom is 0.334 e. The van der Waals surface area contributed by atoms with Crippen LogP contribution in [0.15, 0.2) is 59.8 Å². The van der Waals surface area contributed by atoms with Gasteiger partial charge in [-0.1, -0.05) is 47.6 Å². The number of carboxylic acid groups (broad SMARTS) is 1. The maximum absolute atomic E-state index is 13.1. The molecule has 2 aromatic carbocycles. The standard InChI is InChI=1S/C22H23N3O6/c1-31-24-17-11-18(20(27)23-12-19(26)22(29)30)25(13-17)21(28)16-9-7-15(8-10-16)14-5-3-2-4-6-14/h2-10,18-19,26H,11-13H2,1H3,(H,23,27)(H,29,30)/b24-17-/t18-,19?/m0/s1. The predicted molar refractivity (Wildman–Crippen MR) is 112 cm³/mol. The van der Waals surface area contributed by atoms with Crippen molar-refractivity contribution in [3.05, 3.63) is 60.2 Å². The zero-order chi connectivity index (χ0) is 22.4. The van der Waals surface area contributed by atoms with Crippen molar-refractivity contribution in [1.82, 2.24) is 10.2 Å². The lowest BCUT2D eigenvalue weighted by Gasteiger charge is -2.23. The monoisotopic (exact) mass is 425 g/mol. The van der Waals surface area contributed by atoms with Crippen LogP contribution in [-0.4, -0.2) is 71.0 Å². The molecule has 31 heavy (non-hydrogen) atoms. The highest BCUT2D eigenvalue weighted by Gasteiger charge is 2.38. The van der Waals surface area contributed by atoms with E-state index in [0.717, 1.165) is 11.1 Å². The van der Waals surface area contributed by atoms with Crippen molar-refractivity contribution in [3.63, 3.8) is 0 Å². The molecule has 0 aromatic heterocycles. The summed E-state index contributed by atoms with van der Waals surface area (Å²) in [5, 5.41) is 24.4. The van der Waals surface area contributed by atoms with Crippen LogP contribution in [0.2, 0.25) is 0 Å². The van der Waals surface area contributed by atoms with E-state index < -0.39 is 30.6 Å². The van der Waals surface area contributed by atoms with Crippen molar-refractivity contribution in [2.24, 2.45) is 5.16 Å². The van der Waals surface area contributed by atoms with Gasteiger partial charge in [-0.3, -0.25) is 9.59 Å². The average Bonchev–Trinajstić information content (AvgIpc) is 3.21. The summed E-state index contributed by atoms with van der Waals surface area (Å²) >= 11 is 0. The molecule has 1 fully saturated rings. The molecule has 2 amide bonds. The van der Waals surface area contributed by atoms with Gasteiger partial charge in [0.05, 0.1) is 18.8 Å². The fourth-order valence-corrected chi connectivity index (χ4v) is 3.35.